The molecule has 0 bridgehead atoms. The molecule has 1 aliphatic rings. The quantitative estimate of drug-likeness (QED) is 0.318. The summed E-state index contributed by atoms with van der Waals surface area (Å²) < 4.78 is 22.2. The van der Waals surface area contributed by atoms with Crippen molar-refractivity contribution in [3.8, 4) is 6.07 Å². The molecule has 12 nitrogen and oxygen atoms in total. The van der Waals surface area contributed by atoms with E-state index in [0.29, 0.717) is 0 Å². The number of carbonyl (C=O) groups is 1. The van der Waals surface area contributed by atoms with E-state index in [4.69, 9.17) is 24.2 Å². The van der Waals surface area contributed by atoms with Crippen LogP contribution in [0.5, 0.6) is 0 Å². The molecule has 1 aromatic heterocycles. The predicted octanol–water partition coefficient (Wildman–Crippen LogP) is -1.30. The summed E-state index contributed by atoms with van der Waals surface area (Å²) in [4.78, 5) is 27.1. The molecule has 1 aromatic rings. The van der Waals surface area contributed by atoms with Gasteiger partial charge in [0.1, 0.15) is 37.7 Å². The number of hydrogen-bond acceptors (Lipinski definition) is 10. The maximum Gasteiger partial charge on any atom is 0.351 e. The third-order valence-corrected chi connectivity index (χ3v) is 3.77. The first-order valence-electron chi connectivity index (χ1n) is 8.43. The standard InChI is InChI=1S/C16H22N4O8/c1-10(22)18-12-3-5-20(16(24)19-12)15-14(13(23)11(7-21)28-15)27-9-26-8-25-6-2-4-17/h3,5,11,13-15,21,23H,2,6-9H2,1H3,(H,18,19,22,24)/t11-,13+,14?,15-/m1/s1. The van der Waals surface area contributed by atoms with E-state index in [9.17, 15) is 19.8 Å². The van der Waals surface area contributed by atoms with Crippen LogP contribution in [0.25, 0.3) is 0 Å². The molecule has 3 N–H and O–H groups in total. The van der Waals surface area contributed by atoms with Crippen molar-refractivity contribution in [3.63, 3.8) is 0 Å². The Morgan fingerprint density at radius 1 is 1.46 bits per heavy atom. The van der Waals surface area contributed by atoms with Crippen LogP contribution in [-0.2, 0) is 23.7 Å². The lowest BCUT2D eigenvalue weighted by Crippen LogP contribution is -2.38. The van der Waals surface area contributed by atoms with Crippen LogP contribution >= 0.6 is 0 Å². The summed E-state index contributed by atoms with van der Waals surface area (Å²) in [5, 5.41) is 30.4. The van der Waals surface area contributed by atoms with Crippen molar-refractivity contribution in [2.75, 3.05) is 32.1 Å². The molecule has 1 aliphatic heterocycles. The van der Waals surface area contributed by atoms with Gasteiger partial charge in [0.15, 0.2) is 6.23 Å². The van der Waals surface area contributed by atoms with Gasteiger partial charge >= 0.3 is 5.69 Å². The minimum atomic E-state index is -1.22. The number of hydrogen-bond donors (Lipinski definition) is 3. The Morgan fingerprint density at radius 3 is 2.89 bits per heavy atom. The molecule has 0 spiro atoms. The van der Waals surface area contributed by atoms with Gasteiger partial charge in [-0.3, -0.25) is 9.36 Å². The lowest BCUT2D eigenvalue weighted by molar-refractivity contribution is -0.175. The van der Waals surface area contributed by atoms with E-state index >= 15 is 0 Å². The van der Waals surface area contributed by atoms with Gasteiger partial charge in [-0.1, -0.05) is 0 Å². The van der Waals surface area contributed by atoms with Gasteiger partial charge < -0.3 is 34.5 Å². The Hall–Kier alpha value is -2.40. The number of rotatable bonds is 10. The van der Waals surface area contributed by atoms with Gasteiger partial charge in [0, 0.05) is 13.1 Å². The van der Waals surface area contributed by atoms with Crippen molar-refractivity contribution in [2.45, 2.75) is 37.9 Å². The summed E-state index contributed by atoms with van der Waals surface area (Å²) in [5.74, 6) is -0.311. The van der Waals surface area contributed by atoms with E-state index in [1.807, 2.05) is 6.07 Å². The molecular formula is C16H22N4O8. The number of aliphatic hydroxyl groups is 2. The lowest BCUT2D eigenvalue weighted by atomic mass is 10.1. The number of amides is 1. The van der Waals surface area contributed by atoms with Gasteiger partial charge in [0.2, 0.25) is 5.91 Å². The number of aliphatic hydroxyl groups excluding tert-OH is 2. The Balaban J connectivity index is 2.03. The fraction of sp³-hybridized carbons (Fsp3) is 0.625. The van der Waals surface area contributed by atoms with Crippen molar-refractivity contribution in [1.29, 1.82) is 5.26 Å². The normalized spacial score (nSPS) is 24.1. The van der Waals surface area contributed by atoms with Crippen LogP contribution in [0.1, 0.15) is 19.6 Å². The minimum absolute atomic E-state index is 0.0707. The van der Waals surface area contributed by atoms with Crippen LogP contribution in [0.15, 0.2) is 17.1 Å². The smallest absolute Gasteiger partial charge is 0.351 e. The van der Waals surface area contributed by atoms with Crippen molar-refractivity contribution in [3.05, 3.63) is 22.7 Å². The largest absolute Gasteiger partial charge is 0.394 e. The maximum absolute atomic E-state index is 12.3. The summed E-state index contributed by atoms with van der Waals surface area (Å²) in [6.45, 7) is 0.610. The van der Waals surface area contributed by atoms with Crippen LogP contribution in [0.2, 0.25) is 0 Å². The molecule has 2 heterocycles. The first-order valence-corrected chi connectivity index (χ1v) is 8.43. The fourth-order valence-corrected chi connectivity index (χ4v) is 2.53. The molecule has 1 fully saturated rings. The van der Waals surface area contributed by atoms with E-state index in [1.54, 1.807) is 0 Å². The second-order valence-electron chi connectivity index (χ2n) is 5.81. The number of ether oxygens (including phenoxy) is 4. The Kier molecular flexibility index (Phi) is 8.45. The number of anilines is 1. The molecule has 0 saturated carbocycles. The highest BCUT2D eigenvalue weighted by Gasteiger charge is 2.45. The average Bonchev–Trinajstić information content (AvgIpc) is 2.96. The number of nitrogens with zero attached hydrogens (tertiary/aromatic N) is 3. The van der Waals surface area contributed by atoms with E-state index in [1.165, 1.54) is 19.2 Å². The molecule has 2 rings (SSSR count). The van der Waals surface area contributed by atoms with Crippen LogP contribution < -0.4 is 11.0 Å². The molecule has 1 unspecified atom stereocenters. The Bertz CT molecular complexity index is 749. The second-order valence-corrected chi connectivity index (χ2v) is 5.81. The molecule has 1 saturated heterocycles. The summed E-state index contributed by atoms with van der Waals surface area (Å²) in [6.07, 6.45) is -2.72. The van der Waals surface area contributed by atoms with E-state index < -0.39 is 36.8 Å². The zero-order chi connectivity index (χ0) is 20.5. The SMILES string of the molecule is CC(=O)Nc1ccn([C@@H]2O[C@H](CO)[C@H](O)C2OCOCOCCC#N)c(=O)n1. The van der Waals surface area contributed by atoms with Gasteiger partial charge in [-0.2, -0.15) is 10.2 Å². The van der Waals surface area contributed by atoms with Crippen molar-refractivity contribution >= 4 is 11.7 Å². The average molecular weight is 398 g/mol. The van der Waals surface area contributed by atoms with Gasteiger partial charge in [-0.05, 0) is 6.07 Å². The lowest BCUT2D eigenvalue weighted by Gasteiger charge is -2.22. The third kappa shape index (κ3) is 5.80. The number of nitrogens with one attached hydrogen (secondary N) is 1. The zero-order valence-corrected chi connectivity index (χ0v) is 15.2. The van der Waals surface area contributed by atoms with E-state index in [2.05, 4.69) is 10.3 Å². The topological polar surface area (TPSA) is 165 Å². The molecule has 0 aliphatic carbocycles. The summed E-state index contributed by atoms with van der Waals surface area (Å²) >= 11 is 0. The van der Waals surface area contributed by atoms with Gasteiger partial charge in [0.05, 0.1) is 25.7 Å². The number of carbonyl (C=O) groups excluding carboxylic acids is 1. The highest BCUT2D eigenvalue weighted by molar-refractivity contribution is 5.87. The van der Waals surface area contributed by atoms with Crippen molar-refractivity contribution in [2.24, 2.45) is 0 Å². The van der Waals surface area contributed by atoms with Gasteiger partial charge in [-0.15, -0.1) is 0 Å². The predicted molar refractivity (Wildman–Crippen MR) is 91.7 cm³/mol. The van der Waals surface area contributed by atoms with Crippen LogP contribution in [0.3, 0.4) is 0 Å². The molecule has 0 aromatic carbocycles. The molecular weight excluding hydrogens is 376 g/mol. The van der Waals surface area contributed by atoms with E-state index in [-0.39, 0.29) is 38.3 Å². The summed E-state index contributed by atoms with van der Waals surface area (Å²) in [7, 11) is 0. The highest BCUT2D eigenvalue weighted by atomic mass is 16.7. The van der Waals surface area contributed by atoms with Crippen molar-refractivity contribution < 1.29 is 34.0 Å². The monoisotopic (exact) mass is 398 g/mol. The van der Waals surface area contributed by atoms with Crippen LogP contribution in [0.4, 0.5) is 5.82 Å². The van der Waals surface area contributed by atoms with Gasteiger partial charge in [-0.25, -0.2) is 4.79 Å². The molecule has 0 radical (unpaired) electrons. The highest BCUT2D eigenvalue weighted by Crippen LogP contribution is 2.30. The van der Waals surface area contributed by atoms with E-state index in [0.717, 1.165) is 4.57 Å². The molecule has 1 amide bonds. The summed E-state index contributed by atoms with van der Waals surface area (Å²) in [6, 6.07) is 3.31. The first-order chi connectivity index (χ1) is 13.5. The maximum atomic E-state index is 12.3. The van der Waals surface area contributed by atoms with Crippen molar-refractivity contribution in [1.82, 2.24) is 9.55 Å². The molecule has 154 valence electrons. The summed E-state index contributed by atoms with van der Waals surface area (Å²) in [5.41, 5.74) is -0.739. The van der Waals surface area contributed by atoms with Crippen LogP contribution in [0, 0.1) is 11.3 Å². The Labute approximate surface area is 160 Å². The third-order valence-electron chi connectivity index (χ3n) is 3.77. The minimum Gasteiger partial charge on any atom is -0.394 e. The second kappa shape index (κ2) is 10.8. The first kappa shape index (κ1) is 21.9. The Morgan fingerprint density at radius 2 is 2.25 bits per heavy atom. The number of aromatic nitrogens is 2. The van der Waals surface area contributed by atoms with Crippen LogP contribution in [-0.4, -0.2) is 70.8 Å². The molecule has 4 atom stereocenters. The van der Waals surface area contributed by atoms with Gasteiger partial charge in [0.25, 0.3) is 0 Å². The number of nitriles is 1. The fourth-order valence-electron chi connectivity index (χ4n) is 2.53. The zero-order valence-electron chi connectivity index (χ0n) is 15.2. The molecule has 12 heteroatoms. The molecule has 28 heavy (non-hydrogen) atoms.